The molecule has 0 aliphatic carbocycles. The number of benzene rings is 1. The first-order valence-electron chi connectivity index (χ1n) is 5.85. The highest BCUT2D eigenvalue weighted by Crippen LogP contribution is 2.13. The van der Waals surface area contributed by atoms with E-state index in [1.54, 1.807) is 19.1 Å². The summed E-state index contributed by atoms with van der Waals surface area (Å²) in [6.45, 7) is 1.92. The molecule has 0 spiro atoms. The summed E-state index contributed by atoms with van der Waals surface area (Å²) in [5, 5.41) is 8.77. The van der Waals surface area contributed by atoms with Gasteiger partial charge in [0.05, 0.1) is 5.56 Å². The third kappa shape index (κ3) is 2.70. The Labute approximate surface area is 110 Å². The molecule has 0 saturated heterocycles. The van der Waals surface area contributed by atoms with Crippen LogP contribution in [0.5, 0.6) is 0 Å². The number of carbonyl (C=O) groups is 3. The molecule has 5 heteroatoms. The Morgan fingerprint density at radius 2 is 1.84 bits per heavy atom. The molecule has 98 valence electrons. The van der Waals surface area contributed by atoms with Crippen LogP contribution in [0.1, 0.15) is 22.8 Å². The molecular weight excluding hydrogens is 246 g/mol. The van der Waals surface area contributed by atoms with Gasteiger partial charge in [-0.25, -0.2) is 4.79 Å². The lowest BCUT2D eigenvalue weighted by Gasteiger charge is -2.14. The minimum Gasteiger partial charge on any atom is -0.478 e. The average Bonchev–Trinajstić information content (AvgIpc) is 2.62. The van der Waals surface area contributed by atoms with E-state index in [-0.39, 0.29) is 17.4 Å². The fourth-order valence-corrected chi connectivity index (χ4v) is 1.90. The summed E-state index contributed by atoms with van der Waals surface area (Å²) in [7, 11) is 0. The van der Waals surface area contributed by atoms with Gasteiger partial charge in [0.25, 0.3) is 11.8 Å². The van der Waals surface area contributed by atoms with Gasteiger partial charge in [-0.1, -0.05) is 12.1 Å². The predicted molar refractivity (Wildman–Crippen MR) is 67.6 cm³/mol. The second-order valence-electron chi connectivity index (χ2n) is 4.37. The summed E-state index contributed by atoms with van der Waals surface area (Å²) >= 11 is 0. The average molecular weight is 259 g/mol. The Morgan fingerprint density at radius 1 is 1.21 bits per heavy atom. The lowest BCUT2D eigenvalue weighted by atomic mass is 10.1. The summed E-state index contributed by atoms with van der Waals surface area (Å²) in [6, 6.07) is 6.40. The Morgan fingerprint density at radius 3 is 2.32 bits per heavy atom. The molecule has 1 N–H and O–H groups in total. The van der Waals surface area contributed by atoms with E-state index in [0.29, 0.717) is 18.5 Å². The van der Waals surface area contributed by atoms with Crippen LogP contribution in [0.3, 0.4) is 0 Å². The van der Waals surface area contributed by atoms with Gasteiger partial charge in [0, 0.05) is 18.2 Å². The van der Waals surface area contributed by atoms with Crippen molar-refractivity contribution in [2.45, 2.75) is 13.3 Å². The largest absolute Gasteiger partial charge is 0.478 e. The van der Waals surface area contributed by atoms with Gasteiger partial charge < -0.3 is 5.11 Å². The monoisotopic (exact) mass is 259 g/mol. The van der Waals surface area contributed by atoms with Crippen LogP contribution in [0.15, 0.2) is 35.9 Å². The first-order valence-corrected chi connectivity index (χ1v) is 5.85. The van der Waals surface area contributed by atoms with E-state index in [1.807, 2.05) is 0 Å². The molecule has 0 aromatic heterocycles. The Bertz CT molecular complexity index is 572. The lowest BCUT2D eigenvalue weighted by molar-refractivity contribution is -0.137. The molecule has 0 fully saturated rings. The van der Waals surface area contributed by atoms with Crippen LogP contribution in [0, 0.1) is 0 Å². The topological polar surface area (TPSA) is 74.7 Å². The number of rotatable bonds is 4. The van der Waals surface area contributed by atoms with Gasteiger partial charge in [0.15, 0.2) is 0 Å². The predicted octanol–water partition coefficient (Wildman–Crippen LogP) is 1.24. The smallest absolute Gasteiger partial charge is 0.335 e. The van der Waals surface area contributed by atoms with Crippen molar-refractivity contribution in [3.8, 4) is 0 Å². The van der Waals surface area contributed by atoms with Gasteiger partial charge in [0.1, 0.15) is 0 Å². The number of carboxylic acid groups (broad SMARTS) is 1. The Kier molecular flexibility index (Phi) is 3.46. The van der Waals surface area contributed by atoms with Crippen molar-refractivity contribution in [3.05, 3.63) is 47.0 Å². The SMILES string of the molecule is CC1=CC(=O)N(CCc2ccc(C(=O)O)cc2)C1=O. The molecule has 0 bridgehead atoms. The van der Waals surface area contributed by atoms with Crippen molar-refractivity contribution in [2.24, 2.45) is 0 Å². The lowest BCUT2D eigenvalue weighted by Crippen LogP contribution is -2.32. The fraction of sp³-hybridized carbons (Fsp3) is 0.214. The number of hydrogen-bond donors (Lipinski definition) is 1. The first-order chi connectivity index (χ1) is 8.99. The van der Waals surface area contributed by atoms with Crippen LogP contribution < -0.4 is 0 Å². The second kappa shape index (κ2) is 5.06. The van der Waals surface area contributed by atoms with E-state index in [9.17, 15) is 14.4 Å². The number of amides is 2. The summed E-state index contributed by atoms with van der Waals surface area (Å²) in [6.07, 6.45) is 1.84. The van der Waals surface area contributed by atoms with Crippen LogP contribution in [-0.4, -0.2) is 34.3 Å². The van der Waals surface area contributed by atoms with Gasteiger partial charge in [-0.05, 0) is 31.0 Å². The standard InChI is InChI=1S/C14H13NO4/c1-9-8-12(16)15(13(9)17)7-6-10-2-4-11(5-3-10)14(18)19/h2-5,8H,6-7H2,1H3,(H,18,19). The van der Waals surface area contributed by atoms with Crippen LogP contribution in [-0.2, 0) is 16.0 Å². The van der Waals surface area contributed by atoms with Gasteiger partial charge in [0.2, 0.25) is 0 Å². The molecule has 1 aromatic carbocycles. The Balaban J connectivity index is 1.98. The highest BCUT2D eigenvalue weighted by Gasteiger charge is 2.27. The summed E-state index contributed by atoms with van der Waals surface area (Å²) in [4.78, 5) is 35.0. The molecule has 19 heavy (non-hydrogen) atoms. The van der Waals surface area contributed by atoms with Gasteiger partial charge >= 0.3 is 5.97 Å². The number of carboxylic acids is 1. The molecule has 5 nitrogen and oxygen atoms in total. The van der Waals surface area contributed by atoms with Gasteiger partial charge in [-0.3, -0.25) is 14.5 Å². The zero-order valence-electron chi connectivity index (χ0n) is 10.4. The molecule has 1 aliphatic rings. The molecule has 0 unspecified atom stereocenters. The maximum atomic E-state index is 11.6. The molecule has 1 heterocycles. The quantitative estimate of drug-likeness (QED) is 0.825. The van der Waals surface area contributed by atoms with Crippen molar-refractivity contribution in [2.75, 3.05) is 6.54 Å². The van der Waals surface area contributed by atoms with E-state index in [2.05, 4.69) is 0 Å². The zero-order valence-corrected chi connectivity index (χ0v) is 10.4. The van der Waals surface area contributed by atoms with Crippen LogP contribution in [0.2, 0.25) is 0 Å². The van der Waals surface area contributed by atoms with E-state index >= 15 is 0 Å². The third-order valence-electron chi connectivity index (χ3n) is 3.01. The highest BCUT2D eigenvalue weighted by molar-refractivity contribution is 6.15. The first kappa shape index (κ1) is 13.0. The van der Waals surface area contributed by atoms with E-state index in [1.165, 1.54) is 23.1 Å². The van der Waals surface area contributed by atoms with Gasteiger partial charge in [-0.15, -0.1) is 0 Å². The summed E-state index contributed by atoms with van der Waals surface area (Å²) in [5.41, 5.74) is 1.55. The van der Waals surface area contributed by atoms with Crippen molar-refractivity contribution in [1.29, 1.82) is 0 Å². The van der Waals surface area contributed by atoms with Crippen LogP contribution >= 0.6 is 0 Å². The number of hydrogen-bond acceptors (Lipinski definition) is 3. The van der Waals surface area contributed by atoms with E-state index in [4.69, 9.17) is 5.11 Å². The molecule has 0 atom stereocenters. The molecule has 2 rings (SSSR count). The van der Waals surface area contributed by atoms with Gasteiger partial charge in [-0.2, -0.15) is 0 Å². The second-order valence-corrected chi connectivity index (χ2v) is 4.37. The minimum absolute atomic E-state index is 0.217. The molecule has 2 amide bonds. The molecular formula is C14H13NO4. The molecule has 1 aromatic rings. The maximum Gasteiger partial charge on any atom is 0.335 e. The van der Waals surface area contributed by atoms with Crippen molar-refractivity contribution in [3.63, 3.8) is 0 Å². The maximum absolute atomic E-state index is 11.6. The number of aromatic carboxylic acids is 1. The highest BCUT2D eigenvalue weighted by atomic mass is 16.4. The summed E-state index contributed by atoms with van der Waals surface area (Å²) < 4.78 is 0. The Hall–Kier alpha value is -2.43. The zero-order chi connectivity index (χ0) is 14.0. The summed E-state index contributed by atoms with van der Waals surface area (Å²) in [5.74, 6) is -1.52. The van der Waals surface area contributed by atoms with E-state index < -0.39 is 5.97 Å². The third-order valence-corrected chi connectivity index (χ3v) is 3.01. The number of nitrogens with zero attached hydrogens (tertiary/aromatic N) is 1. The van der Waals surface area contributed by atoms with Crippen LogP contribution in [0.25, 0.3) is 0 Å². The van der Waals surface area contributed by atoms with Crippen LogP contribution in [0.4, 0.5) is 0 Å². The van der Waals surface area contributed by atoms with Crippen molar-refractivity contribution >= 4 is 17.8 Å². The normalized spacial score (nSPS) is 14.8. The molecule has 0 saturated carbocycles. The number of carbonyl (C=O) groups excluding carboxylic acids is 2. The number of imide groups is 1. The molecule has 1 aliphatic heterocycles. The van der Waals surface area contributed by atoms with E-state index in [0.717, 1.165) is 5.56 Å². The molecule has 0 radical (unpaired) electrons. The van der Waals surface area contributed by atoms with Crippen molar-refractivity contribution < 1.29 is 19.5 Å². The minimum atomic E-state index is -0.976. The fourth-order valence-electron chi connectivity index (χ4n) is 1.90. The van der Waals surface area contributed by atoms with Crippen molar-refractivity contribution in [1.82, 2.24) is 4.90 Å².